The van der Waals surface area contributed by atoms with Crippen molar-refractivity contribution in [1.29, 1.82) is 0 Å². The normalized spacial score (nSPS) is 16.3. The second-order valence-electron chi connectivity index (χ2n) is 5.55. The fourth-order valence-corrected chi connectivity index (χ4v) is 4.56. The van der Waals surface area contributed by atoms with Crippen molar-refractivity contribution in [2.75, 3.05) is 7.05 Å². The highest BCUT2D eigenvalue weighted by Gasteiger charge is 2.21. The minimum Gasteiger partial charge on any atom is -0.309 e. The highest BCUT2D eigenvalue weighted by atomic mass is 35.5. The second kappa shape index (κ2) is 6.47. The van der Waals surface area contributed by atoms with E-state index >= 15 is 0 Å². The Morgan fingerprint density at radius 2 is 2.00 bits per heavy atom. The number of hydrogen-bond acceptors (Lipinski definition) is 2. The van der Waals surface area contributed by atoms with Crippen molar-refractivity contribution in [3.63, 3.8) is 0 Å². The Bertz CT molecular complexity index is 614. The zero-order chi connectivity index (χ0) is 14.8. The predicted molar refractivity (Wildman–Crippen MR) is 87.9 cm³/mol. The van der Waals surface area contributed by atoms with Gasteiger partial charge in [0.05, 0.1) is 6.04 Å². The highest BCUT2D eigenvalue weighted by Crippen LogP contribution is 2.35. The fourth-order valence-electron chi connectivity index (χ4n) is 3.02. The summed E-state index contributed by atoms with van der Waals surface area (Å²) >= 11 is 7.68. The van der Waals surface area contributed by atoms with Gasteiger partial charge in [-0.3, -0.25) is 0 Å². The van der Waals surface area contributed by atoms with Crippen LogP contribution in [0.1, 0.15) is 46.2 Å². The highest BCUT2D eigenvalue weighted by molar-refractivity contribution is 7.12. The van der Waals surface area contributed by atoms with Gasteiger partial charge in [0.1, 0.15) is 5.82 Å². The zero-order valence-electron chi connectivity index (χ0n) is 12.1. The van der Waals surface area contributed by atoms with Gasteiger partial charge < -0.3 is 5.32 Å². The Morgan fingerprint density at radius 3 is 2.76 bits per heavy atom. The van der Waals surface area contributed by atoms with E-state index in [0.717, 1.165) is 6.42 Å². The topological polar surface area (TPSA) is 12.0 Å². The first-order chi connectivity index (χ1) is 10.2. The van der Waals surface area contributed by atoms with Crippen LogP contribution in [0.4, 0.5) is 4.39 Å². The van der Waals surface area contributed by atoms with E-state index in [4.69, 9.17) is 11.6 Å². The van der Waals surface area contributed by atoms with Gasteiger partial charge in [-0.1, -0.05) is 24.1 Å². The Labute approximate surface area is 134 Å². The van der Waals surface area contributed by atoms with E-state index in [-0.39, 0.29) is 11.9 Å². The van der Waals surface area contributed by atoms with Gasteiger partial charge in [-0.25, -0.2) is 4.39 Å². The number of hydrogen-bond donors (Lipinski definition) is 1. The number of nitrogens with one attached hydrogen (secondary N) is 1. The SMILES string of the molecule is CNC(c1cc2c(s1)CCCCC2)c1ccc(Cl)cc1F. The third-order valence-corrected chi connectivity index (χ3v) is 5.65. The summed E-state index contributed by atoms with van der Waals surface area (Å²) in [5.74, 6) is -0.245. The van der Waals surface area contributed by atoms with Crippen molar-refractivity contribution in [1.82, 2.24) is 5.32 Å². The number of rotatable bonds is 3. The molecule has 1 unspecified atom stereocenters. The number of benzene rings is 1. The molecule has 3 rings (SSSR count). The second-order valence-corrected chi connectivity index (χ2v) is 7.15. The smallest absolute Gasteiger partial charge is 0.129 e. The van der Waals surface area contributed by atoms with Gasteiger partial charge in [0.15, 0.2) is 0 Å². The van der Waals surface area contributed by atoms with Crippen LogP contribution in [0.3, 0.4) is 0 Å². The quantitative estimate of drug-likeness (QED) is 0.773. The lowest BCUT2D eigenvalue weighted by Gasteiger charge is -2.16. The van der Waals surface area contributed by atoms with Crippen LogP contribution in [0.2, 0.25) is 5.02 Å². The Kier molecular flexibility index (Phi) is 4.63. The first-order valence-corrected chi connectivity index (χ1v) is 8.62. The Balaban J connectivity index is 1.96. The minimum atomic E-state index is -0.245. The molecule has 1 atom stereocenters. The molecule has 0 radical (unpaired) electrons. The standard InChI is InChI=1S/C17H19ClFNS/c1-20-17(13-8-7-12(18)10-14(13)19)16-9-11-5-3-2-4-6-15(11)21-16/h7-10,17,20H,2-6H2,1H3. The van der Waals surface area contributed by atoms with Crippen LogP contribution >= 0.6 is 22.9 Å². The van der Waals surface area contributed by atoms with E-state index in [1.165, 1.54) is 47.1 Å². The molecule has 2 aromatic rings. The lowest BCUT2D eigenvalue weighted by molar-refractivity contribution is 0.579. The molecule has 0 saturated carbocycles. The maximum Gasteiger partial charge on any atom is 0.129 e. The van der Waals surface area contributed by atoms with Crippen molar-refractivity contribution in [2.24, 2.45) is 0 Å². The molecule has 0 amide bonds. The molecule has 0 fully saturated rings. The van der Waals surface area contributed by atoms with Gasteiger partial charge in [0.25, 0.3) is 0 Å². The average Bonchev–Trinajstić information content (AvgIpc) is 2.72. The number of thiophene rings is 1. The van der Waals surface area contributed by atoms with Crippen molar-refractivity contribution >= 4 is 22.9 Å². The summed E-state index contributed by atoms with van der Waals surface area (Å²) in [5.41, 5.74) is 2.13. The monoisotopic (exact) mass is 323 g/mol. The van der Waals surface area contributed by atoms with Gasteiger partial charge in [-0.2, -0.15) is 0 Å². The summed E-state index contributed by atoms with van der Waals surface area (Å²) in [6.45, 7) is 0. The van der Waals surface area contributed by atoms with Crippen LogP contribution in [0.25, 0.3) is 0 Å². The molecule has 0 spiro atoms. The maximum atomic E-state index is 14.2. The van der Waals surface area contributed by atoms with Crippen LogP contribution in [0.15, 0.2) is 24.3 Å². The van der Waals surface area contributed by atoms with E-state index in [1.807, 2.05) is 18.4 Å². The van der Waals surface area contributed by atoms with Crippen LogP contribution in [-0.4, -0.2) is 7.05 Å². The van der Waals surface area contributed by atoms with Crippen LogP contribution in [0.5, 0.6) is 0 Å². The summed E-state index contributed by atoms with van der Waals surface area (Å²) in [7, 11) is 1.88. The van der Waals surface area contributed by atoms with E-state index < -0.39 is 0 Å². The summed E-state index contributed by atoms with van der Waals surface area (Å²) < 4.78 is 14.2. The number of halogens is 2. The molecule has 0 bridgehead atoms. The van der Waals surface area contributed by atoms with Gasteiger partial charge in [-0.05, 0) is 56.5 Å². The van der Waals surface area contributed by atoms with Crippen LogP contribution < -0.4 is 5.32 Å². The van der Waals surface area contributed by atoms with E-state index in [2.05, 4.69) is 11.4 Å². The zero-order valence-corrected chi connectivity index (χ0v) is 13.7. The van der Waals surface area contributed by atoms with Crippen LogP contribution in [0, 0.1) is 5.82 Å². The van der Waals surface area contributed by atoms with E-state index in [1.54, 1.807) is 12.1 Å². The Hall–Kier alpha value is -0.900. The first kappa shape index (κ1) is 15.0. The minimum absolute atomic E-state index is 0.0980. The molecule has 1 aliphatic rings. The third-order valence-electron chi connectivity index (χ3n) is 4.11. The van der Waals surface area contributed by atoms with Crippen molar-refractivity contribution in [2.45, 2.75) is 38.1 Å². The van der Waals surface area contributed by atoms with Gasteiger partial charge in [0, 0.05) is 20.3 Å². The lowest BCUT2D eigenvalue weighted by Crippen LogP contribution is -2.17. The third kappa shape index (κ3) is 3.15. The lowest BCUT2D eigenvalue weighted by atomic mass is 10.0. The fraction of sp³-hybridized carbons (Fsp3) is 0.412. The molecule has 1 N–H and O–H groups in total. The molecule has 0 saturated heterocycles. The summed E-state index contributed by atoms with van der Waals surface area (Å²) in [4.78, 5) is 2.68. The average molecular weight is 324 g/mol. The molecule has 4 heteroatoms. The molecular weight excluding hydrogens is 305 g/mol. The molecule has 1 heterocycles. The molecular formula is C17H19ClFNS. The van der Waals surface area contributed by atoms with Gasteiger partial charge in [-0.15, -0.1) is 11.3 Å². The molecule has 21 heavy (non-hydrogen) atoms. The maximum absolute atomic E-state index is 14.2. The number of aryl methyl sites for hydroxylation is 2. The van der Waals surface area contributed by atoms with Crippen molar-refractivity contribution in [3.05, 3.63) is 56.0 Å². The summed E-state index contributed by atoms with van der Waals surface area (Å²) in [5, 5.41) is 3.69. The Morgan fingerprint density at radius 1 is 1.19 bits per heavy atom. The molecule has 1 aromatic carbocycles. The summed E-state index contributed by atoms with van der Waals surface area (Å²) in [6.07, 6.45) is 6.18. The molecule has 112 valence electrons. The molecule has 0 aliphatic heterocycles. The number of fused-ring (bicyclic) bond motifs is 1. The van der Waals surface area contributed by atoms with Crippen molar-refractivity contribution < 1.29 is 4.39 Å². The molecule has 1 aromatic heterocycles. The van der Waals surface area contributed by atoms with E-state index in [9.17, 15) is 4.39 Å². The largest absolute Gasteiger partial charge is 0.309 e. The van der Waals surface area contributed by atoms with E-state index in [0.29, 0.717) is 10.6 Å². The van der Waals surface area contributed by atoms with Crippen LogP contribution in [-0.2, 0) is 12.8 Å². The van der Waals surface area contributed by atoms with Gasteiger partial charge in [0.2, 0.25) is 0 Å². The molecule has 1 nitrogen and oxygen atoms in total. The van der Waals surface area contributed by atoms with Crippen molar-refractivity contribution in [3.8, 4) is 0 Å². The first-order valence-electron chi connectivity index (χ1n) is 7.42. The molecule has 1 aliphatic carbocycles. The van der Waals surface area contributed by atoms with Gasteiger partial charge >= 0.3 is 0 Å². The predicted octanol–water partition coefficient (Wildman–Crippen LogP) is 5.12. The summed E-state index contributed by atoms with van der Waals surface area (Å²) in [6, 6.07) is 7.09.